The molecule has 0 radical (unpaired) electrons. The zero-order valence-electron chi connectivity index (χ0n) is 18.5. The summed E-state index contributed by atoms with van der Waals surface area (Å²) in [6.45, 7) is 1.09. The van der Waals surface area contributed by atoms with Crippen LogP contribution in [0.4, 0.5) is 0 Å². The van der Waals surface area contributed by atoms with Crippen LogP contribution in [0.3, 0.4) is 0 Å². The lowest BCUT2D eigenvalue weighted by Gasteiger charge is -2.18. The van der Waals surface area contributed by atoms with E-state index < -0.39 is 50.2 Å². The zero-order chi connectivity index (χ0) is 25.3. The predicted octanol–water partition coefficient (Wildman–Crippen LogP) is 0.157. The van der Waals surface area contributed by atoms with Crippen LogP contribution in [0.15, 0.2) is 64.4 Å². The highest BCUT2D eigenvalue weighted by atomic mass is 31.2. The number of hydrogen-bond donors (Lipinski definition) is 4. The Morgan fingerprint density at radius 1 is 1.09 bits per heavy atom. The lowest BCUT2D eigenvalue weighted by Crippen LogP contribution is -2.43. The fourth-order valence-corrected chi connectivity index (χ4v) is 4.21. The molecule has 1 aliphatic heterocycles. The van der Waals surface area contributed by atoms with Gasteiger partial charge in [-0.25, -0.2) is 9.36 Å². The quantitative estimate of drug-likeness (QED) is 0.324. The molecule has 1 aromatic carbocycles. The molecule has 13 heteroatoms. The minimum absolute atomic E-state index is 0.158. The van der Waals surface area contributed by atoms with Gasteiger partial charge in [0.2, 0.25) is 0 Å². The largest absolute Gasteiger partial charge is 0.469 e. The standard InChI is InChI=1S/C22H24N3O9P/c1-13-3-2-4-14(9-13)15-5-7-23-16(10-15)11-25-18(26)6-8-24(22(25)29)21-20(28)19(27)17(34-21)12-33-35(30,31)32/h2-10,17,19-21,27-28H,11-12H2,1H3,(H2,30,31,32)/t17-,19+,20?,21-/m1/s1. The summed E-state index contributed by atoms with van der Waals surface area (Å²) >= 11 is 0. The number of nitrogens with zero attached hydrogens (tertiary/aromatic N) is 3. The van der Waals surface area contributed by atoms with Crippen molar-refractivity contribution in [3.63, 3.8) is 0 Å². The Morgan fingerprint density at radius 3 is 2.54 bits per heavy atom. The molecule has 0 amide bonds. The molecule has 1 aliphatic rings. The zero-order valence-corrected chi connectivity index (χ0v) is 19.4. The smallest absolute Gasteiger partial charge is 0.387 e. The van der Waals surface area contributed by atoms with Crippen LogP contribution in [0.25, 0.3) is 11.1 Å². The van der Waals surface area contributed by atoms with E-state index in [-0.39, 0.29) is 6.54 Å². The van der Waals surface area contributed by atoms with Crippen molar-refractivity contribution >= 4 is 7.82 Å². The molecule has 4 N–H and O–H groups in total. The molecule has 35 heavy (non-hydrogen) atoms. The van der Waals surface area contributed by atoms with Crippen LogP contribution < -0.4 is 11.2 Å². The number of phosphoric acid groups is 1. The first-order valence-electron chi connectivity index (χ1n) is 10.6. The summed E-state index contributed by atoms with van der Waals surface area (Å²) in [6, 6.07) is 12.5. The molecule has 12 nitrogen and oxygen atoms in total. The minimum atomic E-state index is -4.84. The van der Waals surface area contributed by atoms with Gasteiger partial charge >= 0.3 is 13.5 Å². The van der Waals surface area contributed by atoms with Gasteiger partial charge in [-0.3, -0.25) is 23.4 Å². The topological polar surface area (TPSA) is 173 Å². The molecule has 4 rings (SSSR count). The van der Waals surface area contributed by atoms with E-state index >= 15 is 0 Å². The average Bonchev–Trinajstić information content (AvgIpc) is 3.09. The molecule has 1 saturated heterocycles. The number of benzene rings is 1. The number of phosphoric ester groups is 1. The lowest BCUT2D eigenvalue weighted by molar-refractivity contribution is -0.0548. The molecular weight excluding hydrogens is 481 g/mol. The molecule has 0 spiro atoms. The molecule has 0 saturated carbocycles. The van der Waals surface area contributed by atoms with E-state index in [4.69, 9.17) is 14.5 Å². The number of aliphatic hydroxyl groups is 2. The molecule has 0 aliphatic carbocycles. The number of hydrogen-bond acceptors (Lipinski definition) is 8. The second kappa shape index (κ2) is 9.96. The van der Waals surface area contributed by atoms with E-state index in [9.17, 15) is 24.4 Å². The summed E-state index contributed by atoms with van der Waals surface area (Å²) in [5, 5.41) is 20.6. The number of aryl methyl sites for hydroxylation is 1. The summed E-state index contributed by atoms with van der Waals surface area (Å²) in [5.41, 5.74) is 1.89. The minimum Gasteiger partial charge on any atom is -0.387 e. The molecule has 3 aromatic rings. The Balaban J connectivity index is 1.61. The first kappa shape index (κ1) is 25.1. The second-order valence-corrected chi connectivity index (χ2v) is 9.41. The molecule has 2 aromatic heterocycles. The van der Waals surface area contributed by atoms with Gasteiger partial charge in [0.05, 0.1) is 18.8 Å². The van der Waals surface area contributed by atoms with Crippen molar-refractivity contribution in [2.45, 2.75) is 38.0 Å². The van der Waals surface area contributed by atoms with Crippen LogP contribution in [-0.2, 0) is 20.4 Å². The van der Waals surface area contributed by atoms with Gasteiger partial charge in [-0.05, 0) is 30.2 Å². The monoisotopic (exact) mass is 505 g/mol. The van der Waals surface area contributed by atoms with Gasteiger partial charge in [0.25, 0.3) is 5.56 Å². The van der Waals surface area contributed by atoms with Crippen LogP contribution in [-0.4, -0.2) is 59.0 Å². The van der Waals surface area contributed by atoms with E-state index in [1.807, 2.05) is 37.3 Å². The average molecular weight is 505 g/mol. The number of aromatic nitrogens is 3. The highest BCUT2D eigenvalue weighted by Crippen LogP contribution is 2.38. The van der Waals surface area contributed by atoms with Crippen molar-refractivity contribution in [3.05, 3.63) is 87.0 Å². The molecule has 1 unspecified atom stereocenters. The van der Waals surface area contributed by atoms with Crippen molar-refractivity contribution in [1.82, 2.24) is 14.1 Å². The van der Waals surface area contributed by atoms with Crippen LogP contribution >= 0.6 is 7.82 Å². The van der Waals surface area contributed by atoms with Crippen LogP contribution in [0, 0.1) is 6.92 Å². The van der Waals surface area contributed by atoms with Crippen LogP contribution in [0.2, 0.25) is 0 Å². The van der Waals surface area contributed by atoms with Crippen molar-refractivity contribution in [1.29, 1.82) is 0 Å². The van der Waals surface area contributed by atoms with Gasteiger partial charge in [-0.15, -0.1) is 0 Å². The predicted molar refractivity (Wildman–Crippen MR) is 122 cm³/mol. The first-order valence-corrected chi connectivity index (χ1v) is 12.1. The normalized spacial score (nSPS) is 22.4. The van der Waals surface area contributed by atoms with E-state index in [1.165, 1.54) is 0 Å². The summed E-state index contributed by atoms with van der Waals surface area (Å²) in [7, 11) is -4.84. The third kappa shape index (κ3) is 5.65. The third-order valence-electron chi connectivity index (χ3n) is 5.60. The van der Waals surface area contributed by atoms with Gasteiger partial charge in [0.15, 0.2) is 6.23 Å². The highest BCUT2D eigenvalue weighted by Gasteiger charge is 2.45. The fourth-order valence-electron chi connectivity index (χ4n) is 3.87. The van der Waals surface area contributed by atoms with Crippen molar-refractivity contribution in [2.24, 2.45) is 0 Å². The Labute approximate surface area is 198 Å². The number of ether oxygens (including phenoxy) is 1. The highest BCUT2D eigenvalue weighted by molar-refractivity contribution is 7.46. The summed E-state index contributed by atoms with van der Waals surface area (Å²) < 4.78 is 22.6. The van der Waals surface area contributed by atoms with Gasteiger partial charge in [-0.1, -0.05) is 29.8 Å². The number of aliphatic hydroxyl groups excluding tert-OH is 2. The van der Waals surface area contributed by atoms with E-state index in [0.717, 1.165) is 38.1 Å². The van der Waals surface area contributed by atoms with Gasteiger partial charge in [-0.2, -0.15) is 0 Å². The summed E-state index contributed by atoms with van der Waals surface area (Å²) in [4.78, 5) is 47.6. The van der Waals surface area contributed by atoms with Crippen molar-refractivity contribution in [2.75, 3.05) is 6.61 Å². The van der Waals surface area contributed by atoms with Gasteiger partial charge in [0, 0.05) is 18.5 Å². The maximum Gasteiger partial charge on any atom is 0.469 e. The Morgan fingerprint density at radius 2 is 1.83 bits per heavy atom. The molecular formula is C22H24N3O9P. The SMILES string of the molecule is Cc1cccc(-c2ccnc(Cn3c(=O)ccn([C@@H]4O[C@H](COP(=O)(O)O)[C@H](O)C4O)c3=O)c2)c1. The summed E-state index contributed by atoms with van der Waals surface area (Å²) in [6.07, 6.45) is -3.25. The lowest BCUT2D eigenvalue weighted by atomic mass is 10.0. The third-order valence-corrected chi connectivity index (χ3v) is 6.09. The Kier molecular flexibility index (Phi) is 7.15. The van der Waals surface area contributed by atoms with E-state index in [0.29, 0.717) is 5.69 Å². The summed E-state index contributed by atoms with van der Waals surface area (Å²) in [5.74, 6) is 0. The van der Waals surface area contributed by atoms with E-state index in [2.05, 4.69) is 9.51 Å². The maximum atomic E-state index is 13.1. The van der Waals surface area contributed by atoms with E-state index in [1.54, 1.807) is 12.3 Å². The Hall–Kier alpha value is -2.96. The van der Waals surface area contributed by atoms with Crippen molar-refractivity contribution in [3.8, 4) is 11.1 Å². The molecule has 3 heterocycles. The number of rotatable bonds is 7. The van der Waals surface area contributed by atoms with Crippen molar-refractivity contribution < 1.29 is 33.8 Å². The Bertz CT molecular complexity index is 1380. The molecule has 0 bridgehead atoms. The fraction of sp³-hybridized carbons (Fsp3) is 0.318. The van der Waals surface area contributed by atoms with Gasteiger partial charge in [0.1, 0.15) is 18.3 Å². The van der Waals surface area contributed by atoms with Crippen LogP contribution in [0.5, 0.6) is 0 Å². The molecule has 1 fully saturated rings. The first-order chi connectivity index (χ1) is 16.5. The van der Waals surface area contributed by atoms with Gasteiger partial charge < -0.3 is 24.7 Å². The number of pyridine rings is 1. The maximum absolute atomic E-state index is 13.1. The molecule has 186 valence electrons. The second-order valence-electron chi connectivity index (χ2n) is 8.17. The van der Waals surface area contributed by atoms with Crippen LogP contribution in [0.1, 0.15) is 17.5 Å². The molecule has 4 atom stereocenters.